The number of aromatic nitrogens is 3. The average molecular weight is 909 g/mol. The van der Waals surface area contributed by atoms with Gasteiger partial charge < -0.3 is 18.8 Å². The normalized spacial score (nSPS) is 15.2. The van der Waals surface area contributed by atoms with Crippen LogP contribution in [-0.4, -0.2) is 85.2 Å². The molecule has 3 aromatic carbocycles. The lowest BCUT2D eigenvalue weighted by molar-refractivity contribution is -0.385. The fraction of sp³-hybridized carbons (Fsp3) is 0.417. The lowest BCUT2D eigenvalue weighted by Crippen LogP contribution is -2.54. The Hall–Kier alpha value is -6.39. The van der Waals surface area contributed by atoms with Crippen molar-refractivity contribution in [3.05, 3.63) is 108 Å². The summed E-state index contributed by atoms with van der Waals surface area (Å²) >= 11 is 6.40. The Kier molecular flexibility index (Phi) is 13.3. The number of para-hydroxylation sites is 1. The Morgan fingerprint density at radius 2 is 1.66 bits per heavy atom. The van der Waals surface area contributed by atoms with E-state index in [1.807, 2.05) is 95.1 Å². The smallest absolute Gasteiger partial charge is 0.355 e. The van der Waals surface area contributed by atoms with Gasteiger partial charge in [-0.3, -0.25) is 44.2 Å². The molecule has 1 fully saturated rings. The Bertz CT molecular complexity index is 2760. The fourth-order valence-electron chi connectivity index (χ4n) is 8.85. The molecule has 2 aliphatic rings. The average Bonchev–Trinajstić information content (AvgIpc) is 3.79. The molecule has 0 aliphatic carbocycles. The summed E-state index contributed by atoms with van der Waals surface area (Å²) in [6.07, 6.45) is 1.60. The minimum atomic E-state index is -1.26. The molecule has 1 unspecified atom stereocenters. The number of imide groups is 2. The number of hydrogen-bond donors (Lipinski definition) is 1. The number of ether oxygens (including phenoxy) is 3. The zero-order valence-electron chi connectivity index (χ0n) is 37.9. The second-order valence-electron chi connectivity index (χ2n) is 17.6. The zero-order valence-corrected chi connectivity index (χ0v) is 38.6. The molecule has 1 saturated heterocycles. The van der Waals surface area contributed by atoms with Gasteiger partial charge in [-0.05, 0) is 121 Å². The predicted molar refractivity (Wildman–Crippen MR) is 242 cm³/mol. The molecule has 4 amide bonds. The van der Waals surface area contributed by atoms with E-state index in [1.165, 1.54) is 12.1 Å². The van der Waals surface area contributed by atoms with Crippen LogP contribution < -0.4 is 10.1 Å². The van der Waals surface area contributed by atoms with Crippen molar-refractivity contribution in [1.29, 1.82) is 0 Å². The van der Waals surface area contributed by atoms with Gasteiger partial charge in [0.05, 0.1) is 34.9 Å². The molecule has 5 aromatic rings. The number of hydrogen-bond acceptors (Lipinski definition) is 11. The minimum absolute atomic E-state index is 0.0757. The van der Waals surface area contributed by atoms with Gasteiger partial charge in [0.25, 0.3) is 17.5 Å². The van der Waals surface area contributed by atoms with Crippen molar-refractivity contribution in [1.82, 2.24) is 24.6 Å². The third kappa shape index (κ3) is 9.41. The van der Waals surface area contributed by atoms with Crippen LogP contribution in [0.1, 0.15) is 111 Å². The monoisotopic (exact) mass is 908 g/mol. The van der Waals surface area contributed by atoms with Crippen LogP contribution in [0.2, 0.25) is 5.02 Å². The van der Waals surface area contributed by atoms with Crippen LogP contribution in [0.25, 0.3) is 22.0 Å². The Morgan fingerprint density at radius 1 is 0.938 bits per heavy atom. The van der Waals surface area contributed by atoms with Crippen molar-refractivity contribution < 1.29 is 43.1 Å². The van der Waals surface area contributed by atoms with Gasteiger partial charge in [0, 0.05) is 59.9 Å². The second-order valence-corrected chi connectivity index (χ2v) is 18.0. The maximum absolute atomic E-state index is 14.4. The molecule has 65 heavy (non-hydrogen) atoms. The number of carbonyl (C=O) groups is 5. The van der Waals surface area contributed by atoms with E-state index < -0.39 is 51.9 Å². The first-order valence-corrected chi connectivity index (χ1v) is 22.0. The molecule has 0 bridgehead atoms. The van der Waals surface area contributed by atoms with Crippen LogP contribution in [0.4, 0.5) is 5.69 Å². The number of rotatable bonds is 16. The lowest BCUT2D eigenvalue weighted by atomic mass is 9.98. The molecule has 7 rings (SSSR count). The van der Waals surface area contributed by atoms with Crippen molar-refractivity contribution >= 4 is 57.8 Å². The highest BCUT2D eigenvalue weighted by Gasteiger charge is 2.48. The SMILES string of the molecule is Cc1cc(OCCCc2c(C(=O)OC(C)(C)C)n(CCCOCCc3cc4c(c([N+](=O)[O-])c3)C(=O)N(C3CCC(=O)NC3=O)C4=O)c3c(-c4c(C)nn(C)c4C)cccc23)cc(C)c1Cl. The van der Waals surface area contributed by atoms with Crippen LogP contribution in [0.3, 0.4) is 0 Å². The van der Waals surface area contributed by atoms with Gasteiger partial charge in [0.2, 0.25) is 11.8 Å². The van der Waals surface area contributed by atoms with E-state index in [1.54, 1.807) is 0 Å². The maximum atomic E-state index is 14.4. The number of halogens is 1. The molecular formula is C48H53ClN6O10. The summed E-state index contributed by atoms with van der Waals surface area (Å²) in [6, 6.07) is 11.3. The van der Waals surface area contributed by atoms with E-state index in [9.17, 15) is 34.1 Å². The molecule has 0 radical (unpaired) electrons. The summed E-state index contributed by atoms with van der Waals surface area (Å²) in [5, 5.41) is 20.6. The molecule has 1 atom stereocenters. The molecular weight excluding hydrogens is 856 g/mol. The molecule has 342 valence electrons. The van der Waals surface area contributed by atoms with Crippen molar-refractivity contribution in [3.63, 3.8) is 0 Å². The summed E-state index contributed by atoms with van der Waals surface area (Å²) in [4.78, 5) is 77.8. The highest BCUT2D eigenvalue weighted by atomic mass is 35.5. The van der Waals surface area contributed by atoms with Crippen molar-refractivity contribution in [2.45, 2.75) is 105 Å². The summed E-state index contributed by atoms with van der Waals surface area (Å²) in [5.41, 5.74) is 6.21. The number of carbonyl (C=O) groups excluding carboxylic acids is 5. The van der Waals surface area contributed by atoms with Crippen molar-refractivity contribution in [2.75, 3.05) is 19.8 Å². The summed E-state index contributed by atoms with van der Waals surface area (Å²) in [7, 11) is 1.90. The number of nitro benzene ring substituents is 1. The van der Waals surface area contributed by atoms with E-state index in [-0.39, 0.29) is 43.6 Å². The predicted octanol–water partition coefficient (Wildman–Crippen LogP) is 7.85. The second kappa shape index (κ2) is 18.6. The van der Waals surface area contributed by atoms with Crippen molar-refractivity contribution in [2.24, 2.45) is 7.05 Å². The topological polar surface area (TPSA) is 194 Å². The summed E-state index contributed by atoms with van der Waals surface area (Å²) in [6.45, 7) is 14.5. The summed E-state index contributed by atoms with van der Waals surface area (Å²) in [5.74, 6) is -2.85. The van der Waals surface area contributed by atoms with Gasteiger partial charge in [-0.25, -0.2) is 4.79 Å². The van der Waals surface area contributed by atoms with Gasteiger partial charge in [0.1, 0.15) is 28.6 Å². The third-order valence-corrected chi connectivity index (χ3v) is 12.4. The zero-order chi connectivity index (χ0) is 47.1. The number of benzene rings is 3. The molecule has 4 heterocycles. The van der Waals surface area contributed by atoms with Crippen molar-refractivity contribution in [3.8, 4) is 16.9 Å². The molecule has 2 aliphatic heterocycles. The van der Waals surface area contributed by atoms with E-state index in [0.717, 1.165) is 55.9 Å². The lowest BCUT2D eigenvalue weighted by Gasteiger charge is -2.27. The van der Waals surface area contributed by atoms with Crippen LogP contribution >= 0.6 is 11.6 Å². The molecule has 1 N–H and O–H groups in total. The highest BCUT2D eigenvalue weighted by Crippen LogP contribution is 2.39. The number of nitro groups is 1. The Balaban J connectivity index is 1.13. The number of aryl methyl sites for hydroxylation is 6. The van der Waals surface area contributed by atoms with Crippen LogP contribution in [-0.2, 0) is 45.5 Å². The number of fused-ring (bicyclic) bond motifs is 2. The number of amides is 4. The Morgan fingerprint density at radius 3 is 2.31 bits per heavy atom. The van der Waals surface area contributed by atoms with Crippen LogP contribution in [0.5, 0.6) is 5.75 Å². The third-order valence-electron chi connectivity index (χ3n) is 11.8. The van der Waals surface area contributed by atoms with E-state index in [4.69, 9.17) is 30.9 Å². The van der Waals surface area contributed by atoms with E-state index in [2.05, 4.69) is 5.32 Å². The quantitative estimate of drug-likeness (QED) is 0.0333. The summed E-state index contributed by atoms with van der Waals surface area (Å²) < 4.78 is 22.2. The number of esters is 1. The van der Waals surface area contributed by atoms with E-state index in [0.29, 0.717) is 53.6 Å². The van der Waals surface area contributed by atoms with E-state index >= 15 is 0 Å². The van der Waals surface area contributed by atoms with Crippen LogP contribution in [0, 0.1) is 37.8 Å². The number of nitrogens with one attached hydrogen (secondary N) is 1. The molecule has 16 nitrogen and oxygen atoms in total. The first-order chi connectivity index (χ1) is 30.8. The first kappa shape index (κ1) is 46.6. The molecule has 0 saturated carbocycles. The standard InChI is InChI=1S/C48H53ClN6O10/c1-26-22-31(23-27(2)41(26)49)64-20-10-14-33-32-12-9-13-34(39-28(3)51-52(8)29(39)4)42(32)53(43(33)47(60)65-48(5,6)7)18-11-19-63-21-17-30-24-35-40(37(25-30)55(61)62)46(59)54(45(35)58)36-15-16-38(56)50-44(36)57/h9,12-13,22-25,36H,10-11,14-21H2,1-8H3,(H,50,56,57). The Labute approximate surface area is 381 Å². The largest absolute Gasteiger partial charge is 0.494 e. The van der Waals surface area contributed by atoms with Gasteiger partial charge in [-0.2, -0.15) is 5.10 Å². The number of nitrogens with zero attached hydrogens (tertiary/aromatic N) is 5. The molecule has 17 heteroatoms. The number of piperidine rings is 1. The van der Waals surface area contributed by atoms with Gasteiger partial charge in [0.15, 0.2) is 0 Å². The van der Waals surface area contributed by atoms with Gasteiger partial charge >= 0.3 is 5.97 Å². The fourth-order valence-corrected chi connectivity index (χ4v) is 8.96. The van der Waals surface area contributed by atoms with Gasteiger partial charge in [-0.1, -0.05) is 29.8 Å². The molecule has 2 aromatic heterocycles. The van der Waals surface area contributed by atoms with Gasteiger partial charge in [-0.15, -0.1) is 0 Å². The molecule has 0 spiro atoms. The highest BCUT2D eigenvalue weighted by molar-refractivity contribution is 6.32. The maximum Gasteiger partial charge on any atom is 0.355 e. The minimum Gasteiger partial charge on any atom is -0.494 e. The first-order valence-electron chi connectivity index (χ1n) is 21.7. The van der Waals surface area contributed by atoms with Crippen LogP contribution in [0.15, 0.2) is 42.5 Å².